The van der Waals surface area contributed by atoms with Gasteiger partial charge in [-0.15, -0.1) is 0 Å². The Morgan fingerprint density at radius 3 is 2.55 bits per heavy atom. The van der Waals surface area contributed by atoms with Gasteiger partial charge in [0.05, 0.1) is 6.61 Å². The van der Waals surface area contributed by atoms with E-state index >= 15 is 0 Å². The predicted molar refractivity (Wildman–Crippen MR) is 81.4 cm³/mol. The average molecular weight is 264 g/mol. The number of hydrogen-bond donors (Lipinski definition) is 2. The summed E-state index contributed by atoms with van der Waals surface area (Å²) in [7, 11) is 0. The summed E-state index contributed by atoms with van der Waals surface area (Å²) in [5.74, 6) is 0. The van der Waals surface area contributed by atoms with E-state index in [1.807, 2.05) is 48.8 Å². The molecule has 0 unspecified atom stereocenters. The molecule has 0 fully saturated rings. The van der Waals surface area contributed by atoms with Crippen molar-refractivity contribution in [2.45, 2.75) is 13.2 Å². The summed E-state index contributed by atoms with van der Waals surface area (Å²) in [5.41, 5.74) is 3.13. The number of rotatable bonds is 4. The van der Waals surface area contributed by atoms with E-state index in [-0.39, 0.29) is 6.61 Å². The monoisotopic (exact) mass is 264 g/mol. The maximum absolute atomic E-state index is 9.03. The minimum atomic E-state index is 0.0769. The fourth-order valence-corrected chi connectivity index (χ4v) is 2.25. The van der Waals surface area contributed by atoms with E-state index in [4.69, 9.17) is 5.11 Å². The molecule has 3 rings (SSSR count). The van der Waals surface area contributed by atoms with E-state index < -0.39 is 0 Å². The number of hydrogen-bond acceptors (Lipinski definition) is 3. The standard InChI is InChI=1S/C17H16N2O/c20-12-13-5-7-16(8-6-13)19-11-15-10-18-9-14-3-1-2-4-17(14)15/h1-10,19-20H,11-12H2. The third-order valence-corrected chi connectivity index (χ3v) is 3.37. The first-order chi connectivity index (χ1) is 9.86. The van der Waals surface area contributed by atoms with Crippen molar-refractivity contribution in [3.8, 4) is 0 Å². The molecule has 0 spiro atoms. The lowest BCUT2D eigenvalue weighted by Gasteiger charge is -2.09. The van der Waals surface area contributed by atoms with Crippen molar-refractivity contribution in [3.63, 3.8) is 0 Å². The van der Waals surface area contributed by atoms with Gasteiger partial charge in [0.2, 0.25) is 0 Å². The van der Waals surface area contributed by atoms with Gasteiger partial charge in [-0.3, -0.25) is 4.98 Å². The Balaban J connectivity index is 1.79. The van der Waals surface area contributed by atoms with Gasteiger partial charge in [-0.1, -0.05) is 36.4 Å². The van der Waals surface area contributed by atoms with Crippen molar-refractivity contribution >= 4 is 16.5 Å². The lowest BCUT2D eigenvalue weighted by atomic mass is 10.1. The quantitative estimate of drug-likeness (QED) is 0.759. The lowest BCUT2D eigenvalue weighted by molar-refractivity contribution is 0.282. The molecule has 2 aromatic carbocycles. The second kappa shape index (κ2) is 5.72. The minimum Gasteiger partial charge on any atom is -0.392 e. The first-order valence-corrected chi connectivity index (χ1v) is 6.62. The van der Waals surface area contributed by atoms with Gasteiger partial charge in [-0.2, -0.15) is 0 Å². The molecule has 3 aromatic rings. The van der Waals surface area contributed by atoms with Gasteiger partial charge < -0.3 is 10.4 Å². The molecular weight excluding hydrogens is 248 g/mol. The summed E-state index contributed by atoms with van der Waals surface area (Å²) in [6.07, 6.45) is 3.78. The number of aromatic nitrogens is 1. The Bertz CT molecular complexity index is 702. The number of fused-ring (bicyclic) bond motifs is 1. The Morgan fingerprint density at radius 2 is 1.75 bits per heavy atom. The number of anilines is 1. The smallest absolute Gasteiger partial charge is 0.0681 e. The zero-order chi connectivity index (χ0) is 13.8. The van der Waals surface area contributed by atoms with E-state index in [1.165, 1.54) is 10.9 Å². The van der Waals surface area contributed by atoms with Crippen molar-refractivity contribution in [1.82, 2.24) is 4.98 Å². The molecule has 0 aliphatic rings. The fourth-order valence-electron chi connectivity index (χ4n) is 2.25. The van der Waals surface area contributed by atoms with Gasteiger partial charge >= 0.3 is 0 Å². The van der Waals surface area contributed by atoms with E-state index in [1.54, 1.807) is 0 Å². The molecule has 0 atom stereocenters. The molecule has 100 valence electrons. The third-order valence-electron chi connectivity index (χ3n) is 3.37. The summed E-state index contributed by atoms with van der Waals surface area (Å²) < 4.78 is 0. The highest BCUT2D eigenvalue weighted by Gasteiger charge is 2.01. The Hall–Kier alpha value is -2.39. The van der Waals surface area contributed by atoms with Crippen molar-refractivity contribution in [1.29, 1.82) is 0 Å². The zero-order valence-electron chi connectivity index (χ0n) is 11.1. The lowest BCUT2D eigenvalue weighted by Crippen LogP contribution is -2.00. The van der Waals surface area contributed by atoms with Crippen LogP contribution in [-0.2, 0) is 13.2 Å². The second-order valence-corrected chi connectivity index (χ2v) is 4.73. The molecule has 3 nitrogen and oxygen atoms in total. The van der Waals surface area contributed by atoms with E-state index in [0.29, 0.717) is 0 Å². The Kier molecular flexibility index (Phi) is 3.61. The summed E-state index contributed by atoms with van der Waals surface area (Å²) in [6, 6.07) is 16.0. The first kappa shape index (κ1) is 12.6. The largest absolute Gasteiger partial charge is 0.392 e. The number of nitrogens with zero attached hydrogens (tertiary/aromatic N) is 1. The van der Waals surface area contributed by atoms with Crippen molar-refractivity contribution in [3.05, 3.63) is 72.1 Å². The molecule has 20 heavy (non-hydrogen) atoms. The molecule has 0 saturated heterocycles. The fraction of sp³-hybridized carbons (Fsp3) is 0.118. The van der Waals surface area contributed by atoms with Crippen molar-refractivity contribution < 1.29 is 5.11 Å². The zero-order valence-corrected chi connectivity index (χ0v) is 11.1. The number of nitrogens with one attached hydrogen (secondary N) is 1. The number of benzene rings is 2. The topological polar surface area (TPSA) is 45.1 Å². The van der Waals surface area contributed by atoms with Crippen molar-refractivity contribution in [2.75, 3.05) is 5.32 Å². The van der Waals surface area contributed by atoms with Gasteiger partial charge in [0.15, 0.2) is 0 Å². The average Bonchev–Trinajstić information content (AvgIpc) is 2.53. The molecule has 1 aromatic heterocycles. The molecule has 0 saturated carbocycles. The maximum Gasteiger partial charge on any atom is 0.0681 e. The summed E-state index contributed by atoms with van der Waals surface area (Å²) >= 11 is 0. The van der Waals surface area contributed by atoms with Crippen LogP contribution in [0, 0.1) is 0 Å². The molecule has 0 aliphatic carbocycles. The molecule has 0 amide bonds. The van der Waals surface area contributed by atoms with Gasteiger partial charge in [-0.25, -0.2) is 0 Å². The Labute approximate surface area is 117 Å². The van der Waals surface area contributed by atoms with Crippen LogP contribution in [0.2, 0.25) is 0 Å². The number of aliphatic hydroxyl groups is 1. The molecule has 3 heteroatoms. The number of pyridine rings is 1. The predicted octanol–water partition coefficient (Wildman–Crippen LogP) is 3.34. The van der Waals surface area contributed by atoms with Crippen LogP contribution in [0.1, 0.15) is 11.1 Å². The van der Waals surface area contributed by atoms with Crippen molar-refractivity contribution in [2.24, 2.45) is 0 Å². The summed E-state index contributed by atoms with van der Waals surface area (Å²) in [4.78, 5) is 4.28. The molecule has 0 radical (unpaired) electrons. The van der Waals surface area contributed by atoms with Gasteiger partial charge in [-0.05, 0) is 28.6 Å². The SMILES string of the molecule is OCc1ccc(NCc2cncc3ccccc23)cc1. The summed E-state index contributed by atoms with van der Waals surface area (Å²) in [5, 5.41) is 14.8. The van der Waals surface area contributed by atoms with Crippen LogP contribution in [-0.4, -0.2) is 10.1 Å². The summed E-state index contributed by atoms with van der Waals surface area (Å²) in [6.45, 7) is 0.806. The van der Waals surface area contributed by atoms with Crippen LogP contribution in [0.3, 0.4) is 0 Å². The van der Waals surface area contributed by atoms with Crippen LogP contribution >= 0.6 is 0 Å². The van der Waals surface area contributed by atoms with Crippen LogP contribution in [0.15, 0.2) is 60.9 Å². The highest BCUT2D eigenvalue weighted by Crippen LogP contribution is 2.18. The molecule has 2 N–H and O–H groups in total. The molecule has 0 bridgehead atoms. The minimum absolute atomic E-state index is 0.0769. The van der Waals surface area contributed by atoms with Gasteiger partial charge in [0.25, 0.3) is 0 Å². The molecular formula is C17H16N2O. The first-order valence-electron chi connectivity index (χ1n) is 6.62. The van der Waals surface area contributed by atoms with E-state index in [9.17, 15) is 0 Å². The van der Waals surface area contributed by atoms with E-state index in [2.05, 4.69) is 22.4 Å². The van der Waals surface area contributed by atoms with Crippen LogP contribution in [0.5, 0.6) is 0 Å². The third kappa shape index (κ3) is 2.63. The molecule has 0 aliphatic heterocycles. The van der Waals surface area contributed by atoms with Crippen LogP contribution < -0.4 is 5.32 Å². The van der Waals surface area contributed by atoms with Gasteiger partial charge in [0.1, 0.15) is 0 Å². The highest BCUT2D eigenvalue weighted by atomic mass is 16.3. The Morgan fingerprint density at radius 1 is 0.950 bits per heavy atom. The molecule has 1 heterocycles. The number of aliphatic hydroxyl groups excluding tert-OH is 1. The maximum atomic E-state index is 9.03. The van der Waals surface area contributed by atoms with Gasteiger partial charge in [0, 0.05) is 30.0 Å². The van der Waals surface area contributed by atoms with E-state index in [0.717, 1.165) is 23.2 Å². The highest BCUT2D eigenvalue weighted by molar-refractivity contribution is 5.84. The van der Waals surface area contributed by atoms with Crippen LogP contribution in [0.25, 0.3) is 10.8 Å². The normalized spacial score (nSPS) is 10.7. The second-order valence-electron chi connectivity index (χ2n) is 4.73. The van der Waals surface area contributed by atoms with Crippen LogP contribution in [0.4, 0.5) is 5.69 Å².